The third-order valence-corrected chi connectivity index (χ3v) is 9.80. The van der Waals surface area contributed by atoms with Crippen molar-refractivity contribution < 1.29 is 56.4 Å². The number of phosphoric acid groups is 2. The highest BCUT2D eigenvalue weighted by molar-refractivity contribution is 7.46. The Balaban J connectivity index is 1.21. The highest BCUT2D eigenvalue weighted by atomic mass is 31.2. The van der Waals surface area contributed by atoms with Crippen molar-refractivity contribution in [3.05, 3.63) is 33.4 Å². The number of hydrogen-bond acceptors (Lipinski definition) is 20. The largest absolute Gasteiger partial charge is 0.756 e. The molecule has 48 heavy (non-hydrogen) atoms. The van der Waals surface area contributed by atoms with Crippen molar-refractivity contribution in [2.75, 3.05) is 24.7 Å². The maximum Gasteiger partial charge on any atom is 0.280 e. The SMILES string of the molecule is CC(=O)[C@H]1C2OP(=O)([O-])OC[C@H]3O[C@@H](n4cnc5c(=O)[nH]c(N)nc54)C(O)[C@H]3OP(=O)([O-])OC[C@H]2O[C@H]1n1cnc2c(=O)[nH]c(N)nc21. The third-order valence-electron chi connectivity index (χ3n) is 7.87. The van der Waals surface area contributed by atoms with Crippen LogP contribution >= 0.6 is 15.6 Å². The van der Waals surface area contributed by atoms with Gasteiger partial charge >= 0.3 is 0 Å². The molecule has 0 bridgehead atoms. The van der Waals surface area contributed by atoms with Crippen molar-refractivity contribution in [2.24, 2.45) is 5.92 Å². The highest BCUT2D eigenvalue weighted by Gasteiger charge is 2.53. The molecule has 10 atom stereocenters. The van der Waals surface area contributed by atoms with Crippen LogP contribution in [0.25, 0.3) is 22.3 Å². The van der Waals surface area contributed by atoms with E-state index in [0.717, 1.165) is 28.7 Å². The van der Waals surface area contributed by atoms with Crippen LogP contribution < -0.4 is 32.4 Å². The number of aromatic amines is 2. The molecule has 258 valence electrons. The topological polar surface area (TPSA) is 352 Å². The number of carbonyl (C=O) groups is 1. The Morgan fingerprint density at radius 3 is 1.85 bits per heavy atom. The minimum absolute atomic E-state index is 0.133. The van der Waals surface area contributed by atoms with Gasteiger partial charge in [-0.1, -0.05) is 0 Å². The lowest BCUT2D eigenvalue weighted by Crippen LogP contribution is -2.40. The molecular formula is C22H24N10O14P2-2. The molecule has 7 N–H and O–H groups in total. The number of nitrogens with zero attached hydrogens (tertiary/aromatic N) is 6. The number of nitrogen functional groups attached to an aromatic ring is 2. The first-order valence-electron chi connectivity index (χ1n) is 13.8. The number of imidazole rings is 2. The first-order chi connectivity index (χ1) is 22.6. The first kappa shape index (κ1) is 32.6. The first-order valence-corrected chi connectivity index (χ1v) is 16.8. The summed E-state index contributed by atoms with van der Waals surface area (Å²) in [7, 11) is -10.8. The Kier molecular flexibility index (Phi) is 7.88. The van der Waals surface area contributed by atoms with Crippen molar-refractivity contribution >= 4 is 55.7 Å². The summed E-state index contributed by atoms with van der Waals surface area (Å²) in [5, 5.41) is 11.1. The summed E-state index contributed by atoms with van der Waals surface area (Å²) in [6, 6.07) is 0. The number of carbonyl (C=O) groups excluding carboxylic acids is 1. The molecule has 0 aliphatic carbocycles. The molecule has 7 heterocycles. The Bertz CT molecular complexity index is 2150. The summed E-state index contributed by atoms with van der Waals surface area (Å²) < 4.78 is 60.6. The Morgan fingerprint density at radius 1 is 0.875 bits per heavy atom. The molecule has 0 aromatic carbocycles. The number of fused-ring (bicyclic) bond motifs is 4. The molecule has 7 rings (SSSR count). The van der Waals surface area contributed by atoms with Crippen LogP contribution in [0.1, 0.15) is 19.4 Å². The van der Waals surface area contributed by atoms with Crippen molar-refractivity contribution in [3.63, 3.8) is 0 Å². The van der Waals surface area contributed by atoms with Gasteiger partial charge < -0.3 is 53.9 Å². The van der Waals surface area contributed by atoms with Gasteiger partial charge in [-0.05, 0) is 6.92 Å². The maximum atomic E-state index is 13.2. The molecule has 0 amide bonds. The van der Waals surface area contributed by atoms with Gasteiger partial charge in [0.15, 0.2) is 28.6 Å². The number of H-pyrrole nitrogens is 2. The number of aromatic nitrogens is 8. The second kappa shape index (κ2) is 11.6. The van der Waals surface area contributed by atoms with Crippen LogP contribution in [-0.2, 0) is 41.5 Å². The molecule has 4 aromatic heterocycles. The Labute approximate surface area is 265 Å². The Morgan fingerprint density at radius 2 is 1.33 bits per heavy atom. The second-order valence-corrected chi connectivity index (χ2v) is 13.7. The number of hydrogen-bond donors (Lipinski definition) is 5. The summed E-state index contributed by atoms with van der Waals surface area (Å²) in [6.45, 7) is -0.818. The summed E-state index contributed by atoms with van der Waals surface area (Å²) in [5.74, 6) is -2.75. The standard InChI is InChI=1S/C22H26N10O14P2/c1-6(33)9-13-7(43-19(9)31-4-25-10-15(31)27-21(23)29-17(10)35)2-41-48(39,40)46-14-8(3-42-47(37,38)45-13)44-20(12(14)34)32-5-26-11-16(32)28-22(24)30-18(11)36/h4-5,7-9,12-14,19-20,34H,2-3H2,1H3,(H,37,38)(H,39,40)(H3,23,27,29,35)(H3,24,28,30,36)/p-2/t7-,8-,9+,12?,13?,14+,19-,20-/m1/s1. The Hall–Kier alpha value is -3.93. The summed E-state index contributed by atoms with van der Waals surface area (Å²) in [6.07, 6.45) is -9.46. The van der Waals surface area contributed by atoms with Gasteiger partial charge in [0.1, 0.15) is 42.5 Å². The van der Waals surface area contributed by atoms with Gasteiger partial charge in [-0.15, -0.1) is 0 Å². The number of aliphatic hydroxyl groups is 1. The summed E-state index contributed by atoms with van der Waals surface area (Å²) >= 11 is 0. The maximum absolute atomic E-state index is 13.2. The van der Waals surface area contributed by atoms with E-state index < -0.39 is 94.7 Å². The molecule has 4 aromatic rings. The predicted molar refractivity (Wildman–Crippen MR) is 150 cm³/mol. The number of rotatable bonds is 3. The number of anilines is 2. The quantitative estimate of drug-likeness (QED) is 0.129. The molecule has 3 fully saturated rings. The van der Waals surface area contributed by atoms with Gasteiger partial charge in [0.2, 0.25) is 11.9 Å². The minimum Gasteiger partial charge on any atom is -0.756 e. The normalized spacial score (nSPS) is 36.0. The van der Waals surface area contributed by atoms with Gasteiger partial charge in [-0.25, -0.2) is 9.97 Å². The lowest BCUT2D eigenvalue weighted by atomic mass is 9.96. The number of nitrogens with one attached hydrogen (secondary N) is 2. The second-order valence-electron chi connectivity index (χ2n) is 10.9. The van der Waals surface area contributed by atoms with Gasteiger partial charge in [0.25, 0.3) is 26.8 Å². The average molecular weight is 714 g/mol. The van der Waals surface area contributed by atoms with Crippen LogP contribution in [0.5, 0.6) is 0 Å². The van der Waals surface area contributed by atoms with Crippen molar-refractivity contribution in [1.29, 1.82) is 0 Å². The number of nitrogens with two attached hydrogens (primary N) is 2. The third kappa shape index (κ3) is 5.65. The zero-order valence-electron chi connectivity index (χ0n) is 24.2. The molecule has 3 aliphatic rings. The predicted octanol–water partition coefficient (Wildman–Crippen LogP) is -3.47. The van der Waals surface area contributed by atoms with E-state index >= 15 is 0 Å². The molecule has 24 nitrogen and oxygen atoms in total. The number of ether oxygens (including phenoxy) is 2. The molecule has 0 radical (unpaired) electrons. The van der Waals surface area contributed by atoms with Crippen LogP contribution in [0.4, 0.5) is 11.9 Å². The van der Waals surface area contributed by atoms with E-state index in [-0.39, 0.29) is 34.2 Å². The van der Waals surface area contributed by atoms with Gasteiger partial charge in [-0.3, -0.25) is 42.6 Å². The average Bonchev–Trinajstić information content (AvgIpc) is 3.75. The fourth-order valence-corrected chi connectivity index (χ4v) is 7.74. The fourth-order valence-electron chi connectivity index (χ4n) is 5.83. The summed E-state index contributed by atoms with van der Waals surface area (Å²) in [4.78, 5) is 84.1. The number of ketones is 1. The van der Waals surface area contributed by atoms with Gasteiger partial charge in [-0.2, -0.15) is 9.97 Å². The molecular weight excluding hydrogens is 690 g/mol. The van der Waals surface area contributed by atoms with Crippen LogP contribution in [0.3, 0.4) is 0 Å². The lowest BCUT2D eigenvalue weighted by Gasteiger charge is -2.35. The zero-order valence-corrected chi connectivity index (χ0v) is 26.0. The monoisotopic (exact) mass is 714 g/mol. The van der Waals surface area contributed by atoms with Crippen LogP contribution in [-0.4, -0.2) is 93.7 Å². The van der Waals surface area contributed by atoms with E-state index in [1.807, 2.05) is 0 Å². The zero-order chi connectivity index (χ0) is 34.3. The van der Waals surface area contributed by atoms with E-state index in [1.165, 1.54) is 0 Å². The molecule has 0 saturated carbocycles. The number of phosphoric ester groups is 2. The van der Waals surface area contributed by atoms with E-state index in [0.29, 0.717) is 0 Å². The van der Waals surface area contributed by atoms with E-state index in [2.05, 4.69) is 29.9 Å². The number of Topliss-reactive ketones (excluding diaryl/α,β-unsaturated/α-hetero) is 1. The smallest absolute Gasteiger partial charge is 0.280 e. The molecule has 4 unspecified atom stereocenters. The van der Waals surface area contributed by atoms with Gasteiger partial charge in [0, 0.05) is 0 Å². The fraction of sp³-hybridized carbons (Fsp3) is 0.500. The van der Waals surface area contributed by atoms with Crippen LogP contribution in [0.15, 0.2) is 22.2 Å². The molecule has 0 spiro atoms. The minimum atomic E-state index is -5.40. The van der Waals surface area contributed by atoms with Crippen molar-refractivity contribution in [1.82, 2.24) is 39.0 Å². The molecule has 3 aliphatic heterocycles. The van der Waals surface area contributed by atoms with Crippen molar-refractivity contribution in [2.45, 2.75) is 49.9 Å². The molecule has 26 heteroatoms. The molecule has 3 saturated heterocycles. The van der Waals surface area contributed by atoms with E-state index in [1.54, 1.807) is 0 Å². The van der Waals surface area contributed by atoms with Crippen molar-refractivity contribution in [3.8, 4) is 0 Å². The lowest BCUT2D eigenvalue weighted by molar-refractivity contribution is -0.244. The summed E-state index contributed by atoms with van der Waals surface area (Å²) in [5.41, 5.74) is 9.19. The van der Waals surface area contributed by atoms with Crippen LogP contribution in [0, 0.1) is 5.92 Å². The van der Waals surface area contributed by atoms with Gasteiger partial charge in [0.05, 0.1) is 31.8 Å². The van der Waals surface area contributed by atoms with Crippen LogP contribution in [0.2, 0.25) is 0 Å². The van der Waals surface area contributed by atoms with E-state index in [9.17, 15) is 38.4 Å². The number of aliphatic hydroxyl groups excluding tert-OH is 1. The van der Waals surface area contributed by atoms with E-state index in [4.69, 9.17) is 39.0 Å². The highest BCUT2D eigenvalue weighted by Crippen LogP contribution is 2.52.